The van der Waals surface area contributed by atoms with Gasteiger partial charge in [0.2, 0.25) is 17.7 Å². The summed E-state index contributed by atoms with van der Waals surface area (Å²) in [5, 5.41) is 0. The van der Waals surface area contributed by atoms with Gasteiger partial charge in [-0.1, -0.05) is 68.9 Å². The van der Waals surface area contributed by atoms with Gasteiger partial charge in [-0.3, -0.25) is 24.0 Å². The summed E-state index contributed by atoms with van der Waals surface area (Å²) in [4.78, 5) is 61.7. The van der Waals surface area contributed by atoms with Gasteiger partial charge in [0, 0.05) is 25.8 Å². The van der Waals surface area contributed by atoms with Crippen LogP contribution in [0.5, 0.6) is 0 Å². The summed E-state index contributed by atoms with van der Waals surface area (Å²) < 4.78 is 0.550. The number of nitrogens with two attached hydrogens (primary N) is 3. The van der Waals surface area contributed by atoms with Crippen LogP contribution in [0.2, 0.25) is 0 Å². The van der Waals surface area contributed by atoms with Gasteiger partial charge >= 0.3 is 0 Å². The molecule has 0 aromatic carbocycles. The minimum atomic E-state index is -0.285. The summed E-state index contributed by atoms with van der Waals surface area (Å²) in [6.07, 6.45) is 6.81. The van der Waals surface area contributed by atoms with Crippen LogP contribution in [0.4, 0.5) is 0 Å². The second-order valence-corrected chi connectivity index (χ2v) is 14.9. The minimum absolute atomic E-state index is 0.0822. The van der Waals surface area contributed by atoms with Gasteiger partial charge in [-0.05, 0) is 25.7 Å². The van der Waals surface area contributed by atoms with Crippen molar-refractivity contribution in [2.45, 2.75) is 79.8 Å². The van der Waals surface area contributed by atoms with Crippen LogP contribution in [-0.2, 0) is 24.0 Å². The van der Waals surface area contributed by atoms with E-state index < -0.39 is 0 Å². The minimum Gasteiger partial charge on any atom is -0.369 e. The molecule has 0 saturated carbocycles. The van der Waals surface area contributed by atoms with Gasteiger partial charge in [0.25, 0.3) is 0 Å². The molecule has 36 heavy (non-hydrogen) atoms. The standard InChI is InChI=1S/C23H38N4O5S4/c24-12-11-19(30)27(13-15(28)7-3-1-5-9-17(20(25)31)22-33-34-22)14-16(29)8-4-2-6-10-18(21(26)32)23-35-36-23/h17-18,22-23H,1-14,24H2,(H2,25,31)(H2,26,32)/t17-,18-/m0/s1. The van der Waals surface area contributed by atoms with Crippen molar-refractivity contribution in [1.29, 1.82) is 0 Å². The number of unbranched alkanes of at least 4 members (excludes halogenated alkanes) is 4. The highest BCUT2D eigenvalue weighted by atomic mass is 33.2. The predicted molar refractivity (Wildman–Crippen MR) is 150 cm³/mol. The number of carbonyl (C=O) groups is 5. The summed E-state index contributed by atoms with van der Waals surface area (Å²) in [6.45, 7) is -0.00336. The normalized spacial score (nSPS) is 16.8. The summed E-state index contributed by atoms with van der Waals surface area (Å²) in [7, 11) is 6.69. The van der Waals surface area contributed by atoms with E-state index in [2.05, 4.69) is 0 Å². The second-order valence-electron chi connectivity index (χ2n) is 9.20. The van der Waals surface area contributed by atoms with Crippen LogP contribution in [0, 0.1) is 11.8 Å². The number of Topliss-reactive ketones (excluding diaryl/α,β-unsaturated/α-hetero) is 2. The lowest BCUT2D eigenvalue weighted by molar-refractivity contribution is -0.138. The number of amides is 3. The van der Waals surface area contributed by atoms with E-state index in [9.17, 15) is 24.0 Å². The molecule has 13 heteroatoms. The van der Waals surface area contributed by atoms with Gasteiger partial charge in [0.15, 0.2) is 11.6 Å². The average molecular weight is 579 g/mol. The molecule has 0 aromatic heterocycles. The van der Waals surface area contributed by atoms with E-state index in [4.69, 9.17) is 17.2 Å². The van der Waals surface area contributed by atoms with Gasteiger partial charge in [-0.2, -0.15) is 0 Å². The highest BCUT2D eigenvalue weighted by molar-refractivity contribution is 8.93. The molecule has 0 bridgehead atoms. The van der Waals surface area contributed by atoms with Crippen molar-refractivity contribution in [3.63, 3.8) is 0 Å². The molecule has 2 rings (SSSR count). The number of hydrogen-bond donors (Lipinski definition) is 3. The zero-order chi connectivity index (χ0) is 26.5. The Morgan fingerprint density at radius 1 is 0.639 bits per heavy atom. The molecule has 9 nitrogen and oxygen atoms in total. The first-order valence-corrected chi connectivity index (χ1v) is 17.0. The van der Waals surface area contributed by atoms with Crippen molar-refractivity contribution in [2.75, 3.05) is 19.6 Å². The second kappa shape index (κ2) is 16.8. The monoisotopic (exact) mass is 578 g/mol. The fourth-order valence-electron chi connectivity index (χ4n) is 3.98. The van der Waals surface area contributed by atoms with Crippen molar-refractivity contribution in [3.05, 3.63) is 0 Å². The van der Waals surface area contributed by atoms with Crippen molar-refractivity contribution in [1.82, 2.24) is 4.90 Å². The first-order chi connectivity index (χ1) is 17.2. The van der Waals surface area contributed by atoms with Crippen LogP contribution in [0.15, 0.2) is 0 Å². The Labute approximate surface area is 229 Å². The summed E-state index contributed by atoms with van der Waals surface area (Å²) in [6, 6.07) is 0. The van der Waals surface area contributed by atoms with Crippen molar-refractivity contribution in [3.8, 4) is 0 Å². The van der Waals surface area contributed by atoms with Crippen LogP contribution >= 0.6 is 43.2 Å². The van der Waals surface area contributed by atoms with E-state index in [0.717, 1.165) is 38.5 Å². The molecule has 204 valence electrons. The van der Waals surface area contributed by atoms with Crippen LogP contribution in [0.1, 0.15) is 70.6 Å². The molecule has 2 saturated heterocycles. The summed E-state index contributed by atoms with van der Waals surface area (Å²) in [5.74, 6) is -1.22. The van der Waals surface area contributed by atoms with Crippen molar-refractivity contribution in [2.24, 2.45) is 29.0 Å². The van der Waals surface area contributed by atoms with Gasteiger partial charge in [0.1, 0.15) is 0 Å². The van der Waals surface area contributed by atoms with E-state index in [1.165, 1.54) is 4.90 Å². The quantitative estimate of drug-likeness (QED) is 0.0987. The Balaban J connectivity index is 1.64. The maximum atomic E-state index is 12.5. The average Bonchev–Trinajstić information content (AvgIpc) is 3.72. The molecule has 6 N–H and O–H groups in total. The largest absolute Gasteiger partial charge is 0.369 e. The lowest BCUT2D eigenvalue weighted by Crippen LogP contribution is -2.40. The van der Waals surface area contributed by atoms with Crippen LogP contribution in [-0.4, -0.2) is 63.0 Å². The zero-order valence-corrected chi connectivity index (χ0v) is 23.8. The smallest absolute Gasteiger partial charge is 0.224 e. The highest BCUT2D eigenvalue weighted by Crippen LogP contribution is 2.58. The molecular formula is C23H38N4O5S4. The van der Waals surface area contributed by atoms with Gasteiger partial charge in [-0.25, -0.2) is 0 Å². The molecule has 2 aliphatic rings. The molecule has 3 amide bonds. The molecule has 0 spiro atoms. The van der Waals surface area contributed by atoms with Crippen LogP contribution < -0.4 is 17.2 Å². The van der Waals surface area contributed by atoms with Gasteiger partial charge in [0.05, 0.1) is 34.1 Å². The third-order valence-electron chi connectivity index (χ3n) is 6.19. The Morgan fingerprint density at radius 3 is 1.39 bits per heavy atom. The molecule has 0 aliphatic carbocycles. The Bertz CT molecular complexity index is 726. The van der Waals surface area contributed by atoms with Crippen LogP contribution in [0.25, 0.3) is 0 Å². The maximum absolute atomic E-state index is 12.5. The molecule has 2 heterocycles. The molecule has 0 radical (unpaired) electrons. The molecule has 2 atom stereocenters. The molecule has 0 aromatic rings. The fourth-order valence-corrected chi connectivity index (χ4v) is 7.72. The number of carbonyl (C=O) groups excluding carboxylic acids is 5. The Kier molecular flexibility index (Phi) is 14.7. The van der Waals surface area contributed by atoms with E-state index in [1.807, 2.05) is 0 Å². The first kappa shape index (κ1) is 31.3. The highest BCUT2D eigenvalue weighted by Gasteiger charge is 2.37. The number of hydrogen-bond acceptors (Lipinski definition) is 10. The van der Waals surface area contributed by atoms with Crippen LogP contribution in [0.3, 0.4) is 0 Å². The van der Waals surface area contributed by atoms with E-state index in [-0.39, 0.29) is 76.3 Å². The number of primary amides is 2. The maximum Gasteiger partial charge on any atom is 0.224 e. The van der Waals surface area contributed by atoms with Crippen molar-refractivity contribution >= 4 is 72.5 Å². The first-order valence-electron chi connectivity index (χ1n) is 12.5. The third-order valence-corrected chi connectivity index (χ3v) is 10.8. The zero-order valence-electron chi connectivity index (χ0n) is 20.6. The van der Waals surface area contributed by atoms with E-state index in [1.54, 1.807) is 43.2 Å². The van der Waals surface area contributed by atoms with Gasteiger partial charge < -0.3 is 22.1 Å². The molecule has 2 aliphatic heterocycles. The number of nitrogens with zero attached hydrogens (tertiary/aromatic N) is 1. The summed E-state index contributed by atoms with van der Waals surface area (Å²) in [5.41, 5.74) is 16.4. The topological polar surface area (TPSA) is 167 Å². The SMILES string of the molecule is NCCC(=O)N(CC(=O)CCCCC[C@@H](C(N)=O)C1SS1)CC(=O)CCCCC[C@@H](C(N)=O)C1SS1. The number of rotatable bonds is 22. The number of ketones is 2. The molecule has 0 unspecified atom stereocenters. The summed E-state index contributed by atoms with van der Waals surface area (Å²) >= 11 is 0. The van der Waals surface area contributed by atoms with Crippen molar-refractivity contribution < 1.29 is 24.0 Å². The van der Waals surface area contributed by atoms with E-state index in [0.29, 0.717) is 25.7 Å². The molecular weight excluding hydrogens is 541 g/mol. The fraction of sp³-hybridized carbons (Fsp3) is 0.783. The molecule has 2 fully saturated rings. The predicted octanol–water partition coefficient (Wildman–Crippen LogP) is 2.85. The lowest BCUT2D eigenvalue weighted by Gasteiger charge is -2.21. The lowest BCUT2D eigenvalue weighted by atomic mass is 10.0. The van der Waals surface area contributed by atoms with Gasteiger partial charge in [-0.15, -0.1) is 0 Å². The Morgan fingerprint density at radius 2 is 1.06 bits per heavy atom. The third kappa shape index (κ3) is 12.6. The van der Waals surface area contributed by atoms with E-state index >= 15 is 0 Å². The Hall–Kier alpha value is -0.890.